The molecule has 2 aromatic rings. The van der Waals surface area contributed by atoms with Crippen LogP contribution in [0.2, 0.25) is 0 Å². The zero-order valence-corrected chi connectivity index (χ0v) is 12.8. The summed E-state index contributed by atoms with van der Waals surface area (Å²) < 4.78 is 11.1. The summed E-state index contributed by atoms with van der Waals surface area (Å²) >= 11 is 0. The fourth-order valence-corrected chi connectivity index (χ4v) is 2.16. The maximum atomic E-state index is 9.92. The highest BCUT2D eigenvalue weighted by Gasteiger charge is 2.10. The van der Waals surface area contributed by atoms with Crippen molar-refractivity contribution in [1.29, 1.82) is 0 Å². The lowest BCUT2D eigenvalue weighted by Gasteiger charge is -2.16. The van der Waals surface area contributed by atoms with Crippen LogP contribution in [0.3, 0.4) is 0 Å². The molecule has 0 radical (unpaired) electrons. The van der Waals surface area contributed by atoms with Gasteiger partial charge in [0.15, 0.2) is 0 Å². The molecule has 2 N–H and O–H groups in total. The van der Waals surface area contributed by atoms with Crippen molar-refractivity contribution in [3.63, 3.8) is 0 Å². The first-order valence-corrected chi connectivity index (χ1v) is 7.21. The summed E-state index contributed by atoms with van der Waals surface area (Å²) in [7, 11) is 1.66. The average molecular weight is 289 g/mol. The topological polar surface area (TPSA) is 50.7 Å². The van der Waals surface area contributed by atoms with Gasteiger partial charge < -0.3 is 19.9 Å². The van der Waals surface area contributed by atoms with Crippen molar-refractivity contribution in [1.82, 2.24) is 5.32 Å². The van der Waals surface area contributed by atoms with Gasteiger partial charge in [-0.25, -0.2) is 0 Å². The van der Waals surface area contributed by atoms with Gasteiger partial charge in [0.1, 0.15) is 24.2 Å². The molecule has 0 amide bonds. The number of benzene rings is 2. The number of hydrogen-bond donors (Lipinski definition) is 2. The molecular weight excluding hydrogens is 266 g/mol. The molecule has 4 nitrogen and oxygen atoms in total. The predicted octanol–water partition coefficient (Wildman–Crippen LogP) is 2.59. The van der Waals surface area contributed by atoms with Crippen LogP contribution in [-0.2, 0) is 0 Å². The van der Waals surface area contributed by atoms with Crippen LogP contribution in [0.4, 0.5) is 0 Å². The maximum absolute atomic E-state index is 9.92. The van der Waals surface area contributed by atoms with Gasteiger partial charge in [-0.05, 0) is 12.1 Å². The lowest BCUT2D eigenvalue weighted by molar-refractivity contribution is 0.105. The summed E-state index contributed by atoms with van der Waals surface area (Å²) in [6.07, 6.45) is -0.534. The number of ether oxygens (including phenoxy) is 2. The Morgan fingerprint density at radius 3 is 2.29 bits per heavy atom. The van der Waals surface area contributed by atoms with Crippen molar-refractivity contribution >= 4 is 10.8 Å². The summed E-state index contributed by atoms with van der Waals surface area (Å²) in [6.45, 7) is 4.87. The van der Waals surface area contributed by atoms with Crippen LogP contribution in [0, 0.1) is 0 Å². The minimum Gasteiger partial charge on any atom is -0.496 e. The van der Waals surface area contributed by atoms with Gasteiger partial charge in [0.05, 0.1) is 7.11 Å². The first-order valence-electron chi connectivity index (χ1n) is 7.21. The van der Waals surface area contributed by atoms with Crippen LogP contribution >= 0.6 is 0 Å². The monoisotopic (exact) mass is 289 g/mol. The zero-order chi connectivity index (χ0) is 15.2. The van der Waals surface area contributed by atoms with Gasteiger partial charge in [-0.1, -0.05) is 38.1 Å². The lowest BCUT2D eigenvalue weighted by Crippen LogP contribution is -2.35. The fourth-order valence-electron chi connectivity index (χ4n) is 2.16. The van der Waals surface area contributed by atoms with Gasteiger partial charge in [0, 0.05) is 23.4 Å². The number of methoxy groups -OCH3 is 1. The van der Waals surface area contributed by atoms with Crippen molar-refractivity contribution in [2.75, 3.05) is 20.3 Å². The van der Waals surface area contributed by atoms with Crippen molar-refractivity contribution in [2.24, 2.45) is 0 Å². The van der Waals surface area contributed by atoms with Crippen molar-refractivity contribution < 1.29 is 14.6 Å². The number of aliphatic hydroxyl groups excluding tert-OH is 1. The molecule has 0 saturated carbocycles. The molecule has 0 aliphatic heterocycles. The second-order valence-corrected chi connectivity index (χ2v) is 5.34. The molecule has 2 rings (SSSR count). The molecule has 2 aromatic carbocycles. The van der Waals surface area contributed by atoms with E-state index in [2.05, 4.69) is 5.32 Å². The molecule has 4 heteroatoms. The third-order valence-electron chi connectivity index (χ3n) is 3.26. The van der Waals surface area contributed by atoms with E-state index < -0.39 is 6.10 Å². The minimum absolute atomic E-state index is 0.260. The maximum Gasteiger partial charge on any atom is 0.127 e. The largest absolute Gasteiger partial charge is 0.496 e. The van der Waals surface area contributed by atoms with Gasteiger partial charge in [-0.15, -0.1) is 0 Å². The van der Waals surface area contributed by atoms with E-state index in [0.717, 1.165) is 22.3 Å². The lowest BCUT2D eigenvalue weighted by atomic mass is 10.1. The Morgan fingerprint density at radius 2 is 1.67 bits per heavy atom. The smallest absolute Gasteiger partial charge is 0.127 e. The molecule has 0 bridgehead atoms. The van der Waals surface area contributed by atoms with E-state index in [1.54, 1.807) is 7.11 Å². The van der Waals surface area contributed by atoms with E-state index in [0.29, 0.717) is 12.6 Å². The molecule has 0 spiro atoms. The van der Waals surface area contributed by atoms with Crippen LogP contribution in [0.15, 0.2) is 36.4 Å². The number of fused-ring (bicyclic) bond motifs is 1. The second kappa shape index (κ2) is 7.29. The zero-order valence-electron chi connectivity index (χ0n) is 12.8. The van der Waals surface area contributed by atoms with Gasteiger partial charge in [-0.3, -0.25) is 0 Å². The summed E-state index contributed by atoms with van der Waals surface area (Å²) in [4.78, 5) is 0. The molecule has 0 unspecified atom stereocenters. The van der Waals surface area contributed by atoms with Gasteiger partial charge in [-0.2, -0.15) is 0 Å². The van der Waals surface area contributed by atoms with Crippen molar-refractivity contribution in [3.8, 4) is 11.5 Å². The van der Waals surface area contributed by atoms with Crippen LogP contribution in [0.1, 0.15) is 13.8 Å². The summed E-state index contributed by atoms with van der Waals surface area (Å²) in [5, 5.41) is 15.1. The third-order valence-corrected chi connectivity index (χ3v) is 3.26. The van der Waals surface area contributed by atoms with Gasteiger partial charge >= 0.3 is 0 Å². The van der Waals surface area contributed by atoms with Gasteiger partial charge in [0.2, 0.25) is 0 Å². The van der Waals surface area contributed by atoms with Crippen molar-refractivity contribution in [2.45, 2.75) is 26.0 Å². The Balaban J connectivity index is 2.09. The third kappa shape index (κ3) is 4.09. The molecule has 0 saturated heterocycles. The number of hydrogen-bond acceptors (Lipinski definition) is 4. The normalized spacial score (nSPS) is 12.6. The Labute approximate surface area is 125 Å². The van der Waals surface area contributed by atoms with Crippen LogP contribution < -0.4 is 14.8 Å². The van der Waals surface area contributed by atoms with Crippen LogP contribution in [-0.4, -0.2) is 37.5 Å². The van der Waals surface area contributed by atoms with Crippen LogP contribution in [0.25, 0.3) is 10.8 Å². The van der Waals surface area contributed by atoms with E-state index in [-0.39, 0.29) is 6.61 Å². The fraction of sp³-hybridized carbons (Fsp3) is 0.412. The standard InChI is InChI=1S/C17H23NO3/c1-12(2)18-10-13(19)11-21-17-9-8-16(20-3)14-6-4-5-7-15(14)17/h4-9,12-13,18-19H,10-11H2,1-3H3/t13-/m1/s1. The average Bonchev–Trinajstić information content (AvgIpc) is 2.50. The second-order valence-electron chi connectivity index (χ2n) is 5.34. The molecule has 0 heterocycles. The Kier molecular flexibility index (Phi) is 5.42. The number of rotatable bonds is 7. The minimum atomic E-state index is -0.534. The molecule has 114 valence electrons. The summed E-state index contributed by atoms with van der Waals surface area (Å²) in [5.74, 6) is 1.58. The van der Waals surface area contributed by atoms with E-state index in [9.17, 15) is 5.11 Å². The number of nitrogens with one attached hydrogen (secondary N) is 1. The Morgan fingerprint density at radius 1 is 1.05 bits per heavy atom. The first kappa shape index (κ1) is 15.6. The predicted molar refractivity (Wildman–Crippen MR) is 85.1 cm³/mol. The van der Waals surface area contributed by atoms with E-state index in [1.165, 1.54) is 0 Å². The Hall–Kier alpha value is -1.78. The quantitative estimate of drug-likeness (QED) is 0.822. The Bertz CT molecular complexity index is 583. The summed E-state index contributed by atoms with van der Waals surface area (Å²) in [5.41, 5.74) is 0. The van der Waals surface area contributed by atoms with Gasteiger partial charge in [0.25, 0.3) is 0 Å². The molecular formula is C17H23NO3. The highest BCUT2D eigenvalue weighted by molar-refractivity contribution is 5.93. The van der Waals surface area contributed by atoms with E-state index in [1.807, 2.05) is 50.2 Å². The molecule has 0 aromatic heterocycles. The number of aliphatic hydroxyl groups is 1. The first-order chi connectivity index (χ1) is 10.1. The van der Waals surface area contributed by atoms with Crippen molar-refractivity contribution in [3.05, 3.63) is 36.4 Å². The molecule has 0 aliphatic rings. The summed E-state index contributed by atoms with van der Waals surface area (Å²) in [6, 6.07) is 12.0. The molecule has 0 aliphatic carbocycles. The highest BCUT2D eigenvalue weighted by Crippen LogP contribution is 2.32. The van der Waals surface area contributed by atoms with E-state index in [4.69, 9.17) is 9.47 Å². The molecule has 1 atom stereocenters. The van der Waals surface area contributed by atoms with Crippen LogP contribution in [0.5, 0.6) is 11.5 Å². The van der Waals surface area contributed by atoms with E-state index >= 15 is 0 Å². The molecule has 0 fully saturated rings. The highest BCUT2D eigenvalue weighted by atomic mass is 16.5. The SMILES string of the molecule is COc1ccc(OC[C@H](O)CNC(C)C)c2ccccc12. The molecule has 21 heavy (non-hydrogen) atoms.